The number of nitrogens with zero attached hydrogens (tertiary/aromatic N) is 1. The summed E-state index contributed by atoms with van der Waals surface area (Å²) in [6.45, 7) is 9.32. The maximum atomic E-state index is 6.20. The summed E-state index contributed by atoms with van der Waals surface area (Å²) in [5.74, 6) is 1.72. The van der Waals surface area contributed by atoms with E-state index in [1.807, 2.05) is 0 Å². The second-order valence-corrected chi connectivity index (χ2v) is 6.52. The zero-order valence-electron chi connectivity index (χ0n) is 11.9. The van der Waals surface area contributed by atoms with Gasteiger partial charge in [-0.3, -0.25) is 4.90 Å². The molecule has 1 saturated heterocycles. The monoisotopic (exact) mass is 238 g/mol. The van der Waals surface area contributed by atoms with Gasteiger partial charge >= 0.3 is 0 Å². The van der Waals surface area contributed by atoms with Crippen molar-refractivity contribution in [3.63, 3.8) is 0 Å². The van der Waals surface area contributed by atoms with Crippen LogP contribution in [0, 0.1) is 11.8 Å². The number of hydrogen-bond acceptors (Lipinski definition) is 2. The Bertz CT molecular complexity index is 253. The van der Waals surface area contributed by atoms with Crippen LogP contribution in [0.15, 0.2) is 0 Å². The van der Waals surface area contributed by atoms with Crippen LogP contribution >= 0.6 is 0 Å². The number of likely N-dealkylation sites (tertiary alicyclic amines) is 1. The fourth-order valence-corrected chi connectivity index (χ4v) is 4.13. The zero-order chi connectivity index (χ0) is 12.5. The van der Waals surface area contributed by atoms with Crippen molar-refractivity contribution in [2.45, 2.75) is 70.9 Å². The van der Waals surface area contributed by atoms with E-state index < -0.39 is 0 Å². The van der Waals surface area contributed by atoms with Crippen LogP contribution in [0.5, 0.6) is 0 Å². The molecule has 2 fully saturated rings. The normalized spacial score (nSPS) is 44.1. The van der Waals surface area contributed by atoms with Crippen LogP contribution in [-0.2, 0) is 0 Å². The predicted molar refractivity (Wildman–Crippen MR) is 74.0 cm³/mol. The van der Waals surface area contributed by atoms with Crippen LogP contribution in [0.4, 0.5) is 0 Å². The lowest BCUT2D eigenvalue weighted by Gasteiger charge is -2.50. The highest BCUT2D eigenvalue weighted by Gasteiger charge is 2.44. The van der Waals surface area contributed by atoms with Crippen LogP contribution in [-0.4, -0.2) is 29.6 Å². The van der Waals surface area contributed by atoms with Gasteiger partial charge < -0.3 is 5.73 Å². The van der Waals surface area contributed by atoms with Gasteiger partial charge in [0, 0.05) is 18.1 Å². The molecule has 2 nitrogen and oxygen atoms in total. The minimum Gasteiger partial charge on any atom is -0.329 e. The van der Waals surface area contributed by atoms with E-state index in [4.69, 9.17) is 5.73 Å². The molecule has 0 radical (unpaired) electrons. The molecule has 2 N–H and O–H groups in total. The molecule has 0 amide bonds. The summed E-state index contributed by atoms with van der Waals surface area (Å²) in [6, 6.07) is 0.805. The van der Waals surface area contributed by atoms with Crippen molar-refractivity contribution < 1.29 is 0 Å². The van der Waals surface area contributed by atoms with E-state index in [0.29, 0.717) is 5.54 Å². The Hall–Kier alpha value is -0.0800. The summed E-state index contributed by atoms with van der Waals surface area (Å²) in [4.78, 5) is 2.79. The molecular weight excluding hydrogens is 208 g/mol. The van der Waals surface area contributed by atoms with Gasteiger partial charge in [0.1, 0.15) is 0 Å². The molecular formula is C15H30N2. The minimum atomic E-state index is 0.336. The van der Waals surface area contributed by atoms with E-state index in [9.17, 15) is 0 Å². The first-order chi connectivity index (χ1) is 8.13. The predicted octanol–water partition coefficient (Wildman–Crippen LogP) is 3.01. The SMILES string of the molecule is CCC1CCCN1C1(CN)CCC(C)C(C)C1. The van der Waals surface area contributed by atoms with Gasteiger partial charge in [0.15, 0.2) is 0 Å². The molecule has 0 spiro atoms. The Kier molecular flexibility index (Phi) is 4.14. The fraction of sp³-hybridized carbons (Fsp3) is 1.00. The van der Waals surface area contributed by atoms with Gasteiger partial charge in [-0.05, 0) is 56.9 Å². The van der Waals surface area contributed by atoms with E-state index in [1.54, 1.807) is 0 Å². The average Bonchev–Trinajstić information content (AvgIpc) is 2.82. The van der Waals surface area contributed by atoms with Crippen LogP contribution in [0.3, 0.4) is 0 Å². The maximum Gasteiger partial charge on any atom is 0.0337 e. The highest BCUT2D eigenvalue weighted by Crippen LogP contribution is 2.42. The van der Waals surface area contributed by atoms with E-state index in [-0.39, 0.29) is 0 Å². The standard InChI is InChI=1S/C15H30N2/c1-4-14-6-5-9-17(14)15(11-16)8-7-12(2)13(3)10-15/h12-14H,4-11,16H2,1-3H3. The molecule has 2 heteroatoms. The van der Waals surface area contributed by atoms with Crippen LogP contribution in [0.25, 0.3) is 0 Å². The topological polar surface area (TPSA) is 29.3 Å². The Morgan fingerprint density at radius 3 is 2.59 bits per heavy atom. The lowest BCUT2D eigenvalue weighted by molar-refractivity contribution is 0.0111. The summed E-state index contributed by atoms with van der Waals surface area (Å²) in [7, 11) is 0. The largest absolute Gasteiger partial charge is 0.329 e. The lowest BCUT2D eigenvalue weighted by atomic mass is 9.70. The Morgan fingerprint density at radius 2 is 2.00 bits per heavy atom. The van der Waals surface area contributed by atoms with Gasteiger partial charge in [-0.1, -0.05) is 20.8 Å². The first-order valence-electron chi connectivity index (χ1n) is 7.60. The molecule has 0 aromatic carbocycles. The fourth-order valence-electron chi connectivity index (χ4n) is 4.13. The van der Waals surface area contributed by atoms with Crippen LogP contribution in [0.1, 0.15) is 59.3 Å². The second kappa shape index (κ2) is 5.27. The molecule has 4 atom stereocenters. The summed E-state index contributed by atoms with van der Waals surface area (Å²) < 4.78 is 0. The molecule has 17 heavy (non-hydrogen) atoms. The van der Waals surface area contributed by atoms with Crippen molar-refractivity contribution in [1.29, 1.82) is 0 Å². The Balaban J connectivity index is 2.13. The lowest BCUT2D eigenvalue weighted by Crippen LogP contribution is -2.58. The molecule has 1 aliphatic carbocycles. The summed E-state index contributed by atoms with van der Waals surface area (Å²) in [5.41, 5.74) is 6.54. The van der Waals surface area contributed by atoms with Gasteiger partial charge in [0.05, 0.1) is 0 Å². The van der Waals surface area contributed by atoms with Crippen molar-refractivity contribution in [2.24, 2.45) is 17.6 Å². The molecule has 1 saturated carbocycles. The molecule has 2 aliphatic rings. The van der Waals surface area contributed by atoms with Crippen molar-refractivity contribution in [1.82, 2.24) is 4.90 Å². The second-order valence-electron chi connectivity index (χ2n) is 6.52. The van der Waals surface area contributed by atoms with Crippen LogP contribution < -0.4 is 5.73 Å². The van der Waals surface area contributed by atoms with Crippen molar-refractivity contribution in [2.75, 3.05) is 13.1 Å². The number of hydrogen-bond donors (Lipinski definition) is 1. The highest BCUT2D eigenvalue weighted by molar-refractivity contribution is 5.01. The third kappa shape index (κ3) is 2.39. The van der Waals surface area contributed by atoms with Gasteiger partial charge in [-0.2, -0.15) is 0 Å². The maximum absolute atomic E-state index is 6.20. The molecule has 4 unspecified atom stereocenters. The summed E-state index contributed by atoms with van der Waals surface area (Å²) in [6.07, 6.45) is 8.08. The van der Waals surface area contributed by atoms with Crippen molar-refractivity contribution >= 4 is 0 Å². The molecule has 0 bridgehead atoms. The van der Waals surface area contributed by atoms with Crippen molar-refractivity contribution in [3.05, 3.63) is 0 Å². The smallest absolute Gasteiger partial charge is 0.0337 e. The number of nitrogens with two attached hydrogens (primary N) is 1. The van der Waals surface area contributed by atoms with Gasteiger partial charge in [-0.25, -0.2) is 0 Å². The molecule has 2 rings (SSSR count). The molecule has 0 aromatic heterocycles. The van der Waals surface area contributed by atoms with Gasteiger partial charge in [0.25, 0.3) is 0 Å². The molecule has 0 aromatic rings. The van der Waals surface area contributed by atoms with E-state index in [2.05, 4.69) is 25.7 Å². The molecule has 1 heterocycles. The van der Waals surface area contributed by atoms with Crippen LogP contribution in [0.2, 0.25) is 0 Å². The Morgan fingerprint density at radius 1 is 1.24 bits per heavy atom. The summed E-state index contributed by atoms with van der Waals surface area (Å²) >= 11 is 0. The highest BCUT2D eigenvalue weighted by atomic mass is 15.3. The van der Waals surface area contributed by atoms with E-state index in [0.717, 1.165) is 24.4 Å². The quantitative estimate of drug-likeness (QED) is 0.819. The first-order valence-corrected chi connectivity index (χ1v) is 7.60. The van der Waals surface area contributed by atoms with Gasteiger partial charge in [-0.15, -0.1) is 0 Å². The molecule has 1 aliphatic heterocycles. The third-order valence-corrected chi connectivity index (χ3v) is 5.58. The minimum absolute atomic E-state index is 0.336. The first kappa shape index (κ1) is 13.4. The summed E-state index contributed by atoms with van der Waals surface area (Å²) in [5, 5.41) is 0. The Labute approximate surface area is 107 Å². The van der Waals surface area contributed by atoms with E-state index >= 15 is 0 Å². The average molecular weight is 238 g/mol. The zero-order valence-corrected chi connectivity index (χ0v) is 11.9. The number of rotatable bonds is 3. The molecule has 100 valence electrons. The van der Waals surface area contributed by atoms with Crippen molar-refractivity contribution in [3.8, 4) is 0 Å². The third-order valence-electron chi connectivity index (χ3n) is 5.58. The van der Waals surface area contributed by atoms with E-state index in [1.165, 1.54) is 45.1 Å². The van der Waals surface area contributed by atoms with Gasteiger partial charge in [0.2, 0.25) is 0 Å².